The van der Waals surface area contributed by atoms with Crippen LogP contribution in [0, 0.1) is 0 Å². The Balaban J connectivity index is 1.93. The molecule has 0 amide bonds. The van der Waals surface area contributed by atoms with E-state index in [1.807, 2.05) is 30.5 Å². The van der Waals surface area contributed by atoms with Gasteiger partial charge >= 0.3 is 5.97 Å². The number of hydrogen-bond acceptors (Lipinski definition) is 3. The van der Waals surface area contributed by atoms with Crippen LogP contribution in [0.25, 0.3) is 11.1 Å². The van der Waals surface area contributed by atoms with Gasteiger partial charge in [0.1, 0.15) is 0 Å². The first kappa shape index (κ1) is 13.7. The number of dihydropyridines is 1. The Morgan fingerprint density at radius 2 is 1.78 bits per heavy atom. The summed E-state index contributed by atoms with van der Waals surface area (Å²) in [5.41, 5.74) is 5.37. The van der Waals surface area contributed by atoms with E-state index >= 15 is 0 Å². The molecule has 1 heterocycles. The van der Waals surface area contributed by atoms with Gasteiger partial charge in [-0.15, -0.1) is 0 Å². The van der Waals surface area contributed by atoms with E-state index in [1.54, 1.807) is 0 Å². The van der Waals surface area contributed by atoms with Gasteiger partial charge in [-0.1, -0.05) is 36.4 Å². The molecule has 3 nitrogen and oxygen atoms in total. The van der Waals surface area contributed by atoms with Crippen LogP contribution >= 0.6 is 0 Å². The summed E-state index contributed by atoms with van der Waals surface area (Å²) in [6, 6.07) is 16.0. The van der Waals surface area contributed by atoms with E-state index in [0.29, 0.717) is 12.1 Å². The molecule has 0 saturated heterocycles. The maximum atomic E-state index is 11.6. The molecule has 0 atom stereocenters. The molecule has 0 bridgehead atoms. The molecule has 0 unspecified atom stereocenters. The number of methoxy groups -OCH3 is 1. The van der Waals surface area contributed by atoms with Crippen molar-refractivity contribution in [2.45, 2.75) is 0 Å². The van der Waals surface area contributed by atoms with Crippen LogP contribution in [0.15, 0.2) is 65.2 Å². The van der Waals surface area contributed by atoms with E-state index in [4.69, 9.17) is 4.74 Å². The molecule has 0 N–H and O–H groups in total. The summed E-state index contributed by atoms with van der Waals surface area (Å²) in [5.74, 6) is -0.315. The molecule has 1 aliphatic heterocycles. The van der Waals surface area contributed by atoms with E-state index in [-0.39, 0.29) is 5.97 Å². The second-order valence-corrected chi connectivity index (χ2v) is 5.54. The highest BCUT2D eigenvalue weighted by Crippen LogP contribution is 2.30. The number of nitrogens with zero attached hydrogens (tertiary/aromatic N) is 1. The number of aliphatic imine (C=N–C) groups is 1. The lowest BCUT2D eigenvalue weighted by molar-refractivity contribution is 0.0600. The highest BCUT2D eigenvalue weighted by Gasteiger charge is 2.21. The standard InChI is InChI=1S/C20H15NO2/c1-23-20(22)14-8-6-13(7-9-14)19-16-5-3-2-4-15(16)18-12-21-11-10-17(18)19/h2-11H,12H2,1H3. The number of benzene rings is 2. The second-order valence-electron chi connectivity index (χ2n) is 5.54. The number of allylic oxidation sites excluding steroid dienone is 1. The maximum absolute atomic E-state index is 11.6. The summed E-state index contributed by atoms with van der Waals surface area (Å²) in [6.07, 6.45) is 3.94. The third kappa shape index (κ3) is 2.13. The normalized spacial score (nSPS) is 15.1. The van der Waals surface area contributed by atoms with Gasteiger partial charge in [-0.05, 0) is 50.9 Å². The molecule has 1 aliphatic carbocycles. The lowest BCUT2D eigenvalue weighted by Crippen LogP contribution is -2.24. The first-order chi connectivity index (χ1) is 11.3. The molecule has 3 heteroatoms. The molecule has 0 aromatic heterocycles. The Labute approximate surface area is 133 Å². The zero-order chi connectivity index (χ0) is 15.8. The van der Waals surface area contributed by atoms with Crippen LogP contribution in [-0.4, -0.2) is 25.8 Å². The van der Waals surface area contributed by atoms with Crippen molar-refractivity contribution in [2.24, 2.45) is 4.99 Å². The number of hydrogen-bond donors (Lipinski definition) is 0. The van der Waals surface area contributed by atoms with Crippen molar-refractivity contribution >= 4 is 23.3 Å². The minimum absolute atomic E-state index is 0.315. The molecule has 0 fully saturated rings. The van der Waals surface area contributed by atoms with Crippen LogP contribution in [0.1, 0.15) is 15.9 Å². The monoisotopic (exact) mass is 301 g/mol. The van der Waals surface area contributed by atoms with Crippen molar-refractivity contribution in [1.29, 1.82) is 0 Å². The number of carbonyl (C=O) groups is 1. The smallest absolute Gasteiger partial charge is 0.337 e. The highest BCUT2D eigenvalue weighted by atomic mass is 16.5. The zero-order valence-electron chi connectivity index (χ0n) is 12.7. The predicted molar refractivity (Wildman–Crippen MR) is 90.8 cm³/mol. The van der Waals surface area contributed by atoms with Crippen molar-refractivity contribution in [3.05, 3.63) is 81.7 Å². The van der Waals surface area contributed by atoms with E-state index in [1.165, 1.54) is 34.3 Å². The number of carbonyl (C=O) groups excluding carboxylic acids is 1. The van der Waals surface area contributed by atoms with Gasteiger partial charge in [0.25, 0.3) is 0 Å². The van der Waals surface area contributed by atoms with Gasteiger partial charge in [0, 0.05) is 6.21 Å². The van der Waals surface area contributed by atoms with Crippen LogP contribution in [-0.2, 0) is 4.74 Å². The van der Waals surface area contributed by atoms with Crippen LogP contribution in [0.2, 0.25) is 0 Å². The van der Waals surface area contributed by atoms with Crippen LogP contribution < -0.4 is 10.4 Å². The van der Waals surface area contributed by atoms with Gasteiger partial charge in [0.15, 0.2) is 0 Å². The SMILES string of the molecule is COC(=O)c1ccc(C2=c3ccccc3=C3CN=CC=C32)cc1. The summed E-state index contributed by atoms with van der Waals surface area (Å²) >= 11 is 0. The zero-order valence-corrected chi connectivity index (χ0v) is 12.7. The quantitative estimate of drug-likeness (QED) is 0.794. The Kier molecular flexibility index (Phi) is 3.19. The molecule has 112 valence electrons. The van der Waals surface area contributed by atoms with Gasteiger partial charge in [-0.25, -0.2) is 4.79 Å². The fourth-order valence-electron chi connectivity index (χ4n) is 3.23. The van der Waals surface area contributed by atoms with Gasteiger partial charge in [-0.2, -0.15) is 0 Å². The number of ether oxygens (including phenoxy) is 1. The van der Waals surface area contributed by atoms with Crippen molar-refractivity contribution in [2.75, 3.05) is 13.7 Å². The molecule has 0 radical (unpaired) electrons. The summed E-state index contributed by atoms with van der Waals surface area (Å²) in [7, 11) is 1.39. The van der Waals surface area contributed by atoms with Crippen molar-refractivity contribution in [1.82, 2.24) is 0 Å². The third-order valence-electron chi connectivity index (χ3n) is 4.31. The van der Waals surface area contributed by atoms with E-state index in [0.717, 1.165) is 5.56 Å². The molecule has 4 rings (SSSR count). The average Bonchev–Trinajstić information content (AvgIpc) is 2.96. The summed E-state index contributed by atoms with van der Waals surface area (Å²) in [6.45, 7) is 0.715. The third-order valence-corrected chi connectivity index (χ3v) is 4.31. The van der Waals surface area contributed by atoms with Gasteiger partial charge in [-0.3, -0.25) is 4.99 Å². The Morgan fingerprint density at radius 1 is 1.04 bits per heavy atom. The second kappa shape index (κ2) is 5.36. The maximum Gasteiger partial charge on any atom is 0.337 e. The average molecular weight is 301 g/mol. The van der Waals surface area contributed by atoms with Gasteiger partial charge in [0.05, 0.1) is 19.2 Å². The molecule has 0 saturated carbocycles. The number of esters is 1. The molecular weight excluding hydrogens is 286 g/mol. The van der Waals surface area contributed by atoms with Crippen LogP contribution in [0.4, 0.5) is 0 Å². The van der Waals surface area contributed by atoms with Crippen LogP contribution in [0.3, 0.4) is 0 Å². The summed E-state index contributed by atoms with van der Waals surface area (Å²) < 4.78 is 4.77. The Hall–Kier alpha value is -2.94. The van der Waals surface area contributed by atoms with Gasteiger partial charge < -0.3 is 4.74 Å². The fraction of sp³-hybridized carbons (Fsp3) is 0.100. The first-order valence-electron chi connectivity index (χ1n) is 7.52. The first-order valence-corrected chi connectivity index (χ1v) is 7.52. The summed E-state index contributed by atoms with van der Waals surface area (Å²) in [5, 5.41) is 2.48. The number of fused-ring (bicyclic) bond motifs is 2. The Bertz CT molecular complexity index is 979. The number of rotatable bonds is 2. The largest absolute Gasteiger partial charge is 0.465 e. The molecule has 2 aliphatic rings. The summed E-state index contributed by atoms with van der Waals surface area (Å²) in [4.78, 5) is 16.0. The molecule has 0 spiro atoms. The van der Waals surface area contributed by atoms with E-state index < -0.39 is 0 Å². The highest BCUT2D eigenvalue weighted by molar-refractivity contribution is 6.02. The minimum atomic E-state index is -0.315. The molecule has 2 aromatic carbocycles. The molecular formula is C20H15NO2. The molecule has 23 heavy (non-hydrogen) atoms. The van der Waals surface area contributed by atoms with Crippen molar-refractivity contribution < 1.29 is 9.53 Å². The van der Waals surface area contributed by atoms with Crippen LogP contribution in [0.5, 0.6) is 0 Å². The van der Waals surface area contributed by atoms with Crippen molar-refractivity contribution in [3.8, 4) is 0 Å². The predicted octanol–water partition coefficient (Wildman–Crippen LogP) is 1.85. The minimum Gasteiger partial charge on any atom is -0.465 e. The van der Waals surface area contributed by atoms with Gasteiger partial charge in [0.2, 0.25) is 0 Å². The molecule has 2 aromatic rings. The Morgan fingerprint density at radius 3 is 2.52 bits per heavy atom. The topological polar surface area (TPSA) is 38.7 Å². The lowest BCUT2D eigenvalue weighted by Gasteiger charge is -2.12. The fourth-order valence-corrected chi connectivity index (χ4v) is 3.23. The van der Waals surface area contributed by atoms with E-state index in [9.17, 15) is 4.79 Å². The lowest BCUT2D eigenvalue weighted by atomic mass is 9.94. The van der Waals surface area contributed by atoms with Crippen molar-refractivity contribution in [3.63, 3.8) is 0 Å². The van der Waals surface area contributed by atoms with E-state index in [2.05, 4.69) is 35.3 Å².